The summed E-state index contributed by atoms with van der Waals surface area (Å²) in [7, 11) is 2.91. The molecule has 9 heteroatoms. The zero-order valence-electron chi connectivity index (χ0n) is 23.8. The summed E-state index contributed by atoms with van der Waals surface area (Å²) in [6.45, 7) is 0. The van der Waals surface area contributed by atoms with Gasteiger partial charge in [-0.1, -0.05) is 78.3 Å². The van der Waals surface area contributed by atoms with Crippen molar-refractivity contribution in [3.05, 3.63) is 125 Å². The van der Waals surface area contributed by atoms with Crippen molar-refractivity contribution in [2.75, 3.05) is 14.2 Å². The highest BCUT2D eigenvalue weighted by molar-refractivity contribution is 6.31. The number of fused-ring (bicyclic) bond motifs is 3. The van der Waals surface area contributed by atoms with Crippen LogP contribution in [0.3, 0.4) is 0 Å². The third-order valence-corrected chi connectivity index (χ3v) is 7.37. The number of benzene rings is 5. The van der Waals surface area contributed by atoms with E-state index in [1.165, 1.54) is 26.5 Å². The number of hydrogen-bond donors (Lipinski definition) is 2. The van der Waals surface area contributed by atoms with Crippen LogP contribution in [-0.4, -0.2) is 37.3 Å². The van der Waals surface area contributed by atoms with Gasteiger partial charge in [0.2, 0.25) is 0 Å². The molecule has 6 rings (SSSR count). The van der Waals surface area contributed by atoms with E-state index in [2.05, 4.69) is 21.6 Å². The molecular weight excluding hydrogens is 578 g/mol. The molecule has 8 nitrogen and oxygen atoms in total. The van der Waals surface area contributed by atoms with Gasteiger partial charge in [-0.15, -0.1) is 0 Å². The molecule has 0 aliphatic rings. The van der Waals surface area contributed by atoms with E-state index in [0.29, 0.717) is 27.8 Å². The highest BCUT2D eigenvalue weighted by atomic mass is 35.5. The Morgan fingerprint density at radius 2 is 1.55 bits per heavy atom. The number of carbonyl (C=O) groups is 2. The molecule has 0 fully saturated rings. The smallest absolute Gasteiger partial charge is 0.347 e. The third-order valence-electron chi connectivity index (χ3n) is 7.14. The average Bonchev–Trinajstić information content (AvgIpc) is 3.46. The number of nitrogens with zero attached hydrogens (tertiary/aromatic N) is 1. The fourth-order valence-corrected chi connectivity index (χ4v) is 5.25. The molecule has 44 heavy (non-hydrogen) atoms. The lowest BCUT2D eigenvalue weighted by atomic mass is 9.99. The van der Waals surface area contributed by atoms with Crippen LogP contribution in [0, 0.1) is 0 Å². The molecule has 2 N–H and O–H groups in total. The fourth-order valence-electron chi connectivity index (χ4n) is 5.08. The number of methoxy groups -OCH3 is 2. The molecule has 0 unspecified atom stereocenters. The van der Waals surface area contributed by atoms with Crippen LogP contribution < -0.4 is 19.6 Å². The van der Waals surface area contributed by atoms with Gasteiger partial charge in [0, 0.05) is 21.4 Å². The Morgan fingerprint density at radius 1 is 0.795 bits per heavy atom. The summed E-state index contributed by atoms with van der Waals surface area (Å²) >= 11 is 6.06. The molecule has 0 aliphatic carbocycles. The Hall–Kier alpha value is -5.60. The van der Waals surface area contributed by atoms with Gasteiger partial charge in [0.05, 0.1) is 26.0 Å². The van der Waals surface area contributed by atoms with Crippen molar-refractivity contribution in [1.29, 1.82) is 0 Å². The molecule has 0 radical (unpaired) electrons. The van der Waals surface area contributed by atoms with Crippen LogP contribution in [0.25, 0.3) is 32.8 Å². The van der Waals surface area contributed by atoms with Gasteiger partial charge in [0.1, 0.15) is 17.0 Å². The van der Waals surface area contributed by atoms with E-state index in [1.54, 1.807) is 30.3 Å². The van der Waals surface area contributed by atoms with E-state index in [4.69, 9.17) is 25.8 Å². The number of amides is 1. The maximum absolute atomic E-state index is 13.5. The first-order valence-corrected chi connectivity index (χ1v) is 14.0. The van der Waals surface area contributed by atoms with Crippen molar-refractivity contribution in [2.24, 2.45) is 5.10 Å². The normalized spacial score (nSPS) is 11.2. The second-order valence-corrected chi connectivity index (χ2v) is 10.2. The van der Waals surface area contributed by atoms with Crippen molar-refractivity contribution in [1.82, 2.24) is 10.4 Å². The number of nitrogens with one attached hydrogen (secondary N) is 2. The summed E-state index contributed by atoms with van der Waals surface area (Å²) in [6.07, 6.45) is 1.48. The molecule has 1 heterocycles. The van der Waals surface area contributed by atoms with E-state index in [1.807, 2.05) is 60.7 Å². The molecule has 0 bridgehead atoms. The first-order chi connectivity index (χ1) is 21.5. The first kappa shape index (κ1) is 28.5. The predicted octanol–water partition coefficient (Wildman–Crippen LogP) is 7.64. The highest BCUT2D eigenvalue weighted by Crippen LogP contribution is 2.36. The van der Waals surface area contributed by atoms with Gasteiger partial charge in [0.15, 0.2) is 11.5 Å². The van der Waals surface area contributed by atoms with E-state index >= 15 is 0 Å². The van der Waals surface area contributed by atoms with Crippen LogP contribution >= 0.6 is 11.6 Å². The van der Waals surface area contributed by atoms with E-state index in [9.17, 15) is 9.59 Å². The highest BCUT2D eigenvalue weighted by Gasteiger charge is 2.21. The maximum atomic E-state index is 13.5. The number of aromatic amines is 1. The summed E-state index contributed by atoms with van der Waals surface area (Å²) in [6, 6.07) is 31.4. The Balaban J connectivity index is 1.25. The van der Waals surface area contributed by atoms with Crippen LogP contribution in [0.4, 0.5) is 0 Å². The van der Waals surface area contributed by atoms with Crippen LogP contribution in [0.1, 0.15) is 26.4 Å². The topological polar surface area (TPSA) is 102 Å². The predicted molar refractivity (Wildman–Crippen MR) is 172 cm³/mol. The fraction of sp³-hybridized carbons (Fsp3) is 0.0571. The number of hydrazone groups is 1. The number of carbonyl (C=O) groups excluding carboxylic acids is 2. The summed E-state index contributed by atoms with van der Waals surface area (Å²) < 4.78 is 16.3. The number of esters is 1. The molecule has 1 amide bonds. The Bertz CT molecular complexity index is 2050. The molecular formula is C35H26ClN3O5. The van der Waals surface area contributed by atoms with Gasteiger partial charge in [-0.2, -0.15) is 5.10 Å². The third kappa shape index (κ3) is 5.58. The quantitative estimate of drug-likeness (QED) is 0.0805. The lowest BCUT2D eigenvalue weighted by Crippen LogP contribution is -2.18. The maximum Gasteiger partial charge on any atom is 0.347 e. The number of hydrogen-bond acceptors (Lipinski definition) is 6. The second kappa shape index (κ2) is 12.3. The Kier molecular flexibility index (Phi) is 7.99. The van der Waals surface area contributed by atoms with Crippen LogP contribution in [0.5, 0.6) is 17.2 Å². The van der Waals surface area contributed by atoms with Crippen LogP contribution in [0.15, 0.2) is 108 Å². The van der Waals surface area contributed by atoms with Crippen molar-refractivity contribution in [3.8, 4) is 28.4 Å². The van der Waals surface area contributed by atoms with Gasteiger partial charge in [-0.05, 0) is 52.9 Å². The number of H-pyrrole nitrogens is 1. The van der Waals surface area contributed by atoms with Gasteiger partial charge < -0.3 is 19.2 Å². The SMILES string of the molecule is COc1cc(C=NNC(=O)c2[nH]c3c(ccc4ccccc43)c2-c2ccccc2)ccc1OC(=O)c1cc(Cl)ccc1OC. The lowest BCUT2D eigenvalue weighted by Gasteiger charge is -2.12. The zero-order valence-corrected chi connectivity index (χ0v) is 24.5. The van der Waals surface area contributed by atoms with Crippen LogP contribution in [0.2, 0.25) is 5.02 Å². The van der Waals surface area contributed by atoms with Crippen molar-refractivity contribution in [3.63, 3.8) is 0 Å². The summed E-state index contributed by atoms with van der Waals surface area (Å²) in [4.78, 5) is 29.7. The van der Waals surface area contributed by atoms with Crippen molar-refractivity contribution >= 4 is 51.4 Å². The largest absolute Gasteiger partial charge is 0.496 e. The number of aromatic nitrogens is 1. The van der Waals surface area contributed by atoms with Gasteiger partial charge in [-0.3, -0.25) is 4.79 Å². The van der Waals surface area contributed by atoms with Gasteiger partial charge >= 0.3 is 5.97 Å². The molecule has 0 aliphatic heterocycles. The van der Waals surface area contributed by atoms with E-state index in [0.717, 1.165) is 32.8 Å². The van der Waals surface area contributed by atoms with E-state index < -0.39 is 11.9 Å². The van der Waals surface area contributed by atoms with Gasteiger partial charge in [-0.25, -0.2) is 10.2 Å². The first-order valence-electron chi connectivity index (χ1n) is 13.6. The van der Waals surface area contributed by atoms with Crippen molar-refractivity contribution < 1.29 is 23.8 Å². The molecule has 218 valence electrons. The van der Waals surface area contributed by atoms with Crippen LogP contribution in [-0.2, 0) is 0 Å². The minimum Gasteiger partial charge on any atom is -0.496 e. The Labute approximate surface area is 257 Å². The molecule has 5 aromatic carbocycles. The minimum absolute atomic E-state index is 0.176. The molecule has 1 aromatic heterocycles. The monoisotopic (exact) mass is 603 g/mol. The average molecular weight is 604 g/mol. The summed E-state index contributed by atoms with van der Waals surface area (Å²) in [5.41, 5.74) is 6.40. The number of ether oxygens (including phenoxy) is 3. The minimum atomic E-state index is -0.656. The summed E-state index contributed by atoms with van der Waals surface area (Å²) in [5.74, 6) is -0.233. The Morgan fingerprint density at radius 3 is 2.34 bits per heavy atom. The molecule has 0 spiro atoms. The lowest BCUT2D eigenvalue weighted by molar-refractivity contribution is 0.0726. The number of halogens is 1. The molecule has 6 aromatic rings. The van der Waals surface area contributed by atoms with E-state index in [-0.39, 0.29) is 11.3 Å². The van der Waals surface area contributed by atoms with Gasteiger partial charge in [0.25, 0.3) is 5.91 Å². The molecule has 0 saturated carbocycles. The molecule has 0 atom stereocenters. The molecule has 0 saturated heterocycles. The van der Waals surface area contributed by atoms with Crippen molar-refractivity contribution in [2.45, 2.75) is 0 Å². The number of rotatable bonds is 8. The zero-order chi connectivity index (χ0) is 30.6. The second-order valence-electron chi connectivity index (χ2n) is 9.79. The standard InChI is InChI=1S/C35H26ClN3O5/c1-42-28-17-14-24(36)19-27(28)35(41)44-29-16-12-21(18-30(29)43-2)20-37-39-34(40)33-31(23-9-4-3-5-10-23)26-15-13-22-8-6-7-11-25(22)32(26)38-33/h3-20,38H,1-2H3,(H,39,40). The summed E-state index contributed by atoms with van der Waals surface area (Å²) in [5, 5.41) is 7.59.